The van der Waals surface area contributed by atoms with Crippen LogP contribution in [0.3, 0.4) is 0 Å². The van der Waals surface area contributed by atoms with Crippen LogP contribution in [0.4, 0.5) is 5.13 Å². The minimum Gasteiger partial charge on any atom is -0.278 e. The number of amides is 1. The largest absolute Gasteiger partial charge is 0.278 e. The maximum absolute atomic E-state index is 13.8. The van der Waals surface area contributed by atoms with Crippen LogP contribution in [0.2, 0.25) is 0 Å². The second kappa shape index (κ2) is 11.2. The number of hydrogen-bond donors (Lipinski definition) is 0. The van der Waals surface area contributed by atoms with Crippen molar-refractivity contribution < 1.29 is 13.2 Å². The van der Waals surface area contributed by atoms with Crippen LogP contribution in [-0.2, 0) is 16.6 Å². The van der Waals surface area contributed by atoms with Gasteiger partial charge in [-0.05, 0) is 67.4 Å². The highest BCUT2D eigenvalue weighted by Gasteiger charge is 2.25. The summed E-state index contributed by atoms with van der Waals surface area (Å²) in [5.74, 6) is -0.294. The Kier molecular flexibility index (Phi) is 7.97. The third-order valence-corrected chi connectivity index (χ3v) is 8.81. The van der Waals surface area contributed by atoms with Crippen LogP contribution in [0.5, 0.6) is 0 Å². The number of hydrogen-bond acceptors (Lipinski definition) is 6. The monoisotopic (exact) mass is 532 g/mol. The van der Waals surface area contributed by atoms with Crippen LogP contribution >= 0.6 is 11.3 Å². The summed E-state index contributed by atoms with van der Waals surface area (Å²) in [4.78, 5) is 24.6. The van der Waals surface area contributed by atoms with E-state index in [1.807, 2.05) is 38.1 Å². The lowest BCUT2D eigenvalue weighted by atomic mass is 10.1. The summed E-state index contributed by atoms with van der Waals surface area (Å²) in [6, 6.07) is 15.6. The van der Waals surface area contributed by atoms with Gasteiger partial charge >= 0.3 is 0 Å². The molecule has 2 aromatic heterocycles. The third kappa shape index (κ3) is 5.69. The molecule has 0 saturated carbocycles. The number of sulfonamides is 1. The van der Waals surface area contributed by atoms with Gasteiger partial charge in [-0.1, -0.05) is 35.6 Å². The van der Waals surface area contributed by atoms with Crippen molar-refractivity contribution in [3.8, 4) is 0 Å². The molecule has 37 heavy (non-hydrogen) atoms. The van der Waals surface area contributed by atoms with Crippen LogP contribution in [-0.4, -0.2) is 41.7 Å². The predicted octanol–water partition coefficient (Wildman–Crippen LogP) is 5.52. The molecule has 4 aromatic rings. The fourth-order valence-electron chi connectivity index (χ4n) is 3.99. The molecule has 4 rings (SSSR count). The summed E-state index contributed by atoms with van der Waals surface area (Å²) in [6.45, 7) is 11.9. The maximum Gasteiger partial charge on any atom is 0.260 e. The highest BCUT2D eigenvalue weighted by molar-refractivity contribution is 7.89. The molecule has 0 aliphatic carbocycles. The minimum atomic E-state index is -3.77. The average molecular weight is 533 g/mol. The number of fused-ring (bicyclic) bond motifs is 1. The lowest BCUT2D eigenvalue weighted by molar-refractivity contribution is 0.0984. The van der Waals surface area contributed by atoms with Crippen LogP contribution in [0.25, 0.3) is 10.2 Å². The molecule has 0 radical (unpaired) electrons. The minimum absolute atomic E-state index is 0.0927. The van der Waals surface area contributed by atoms with Crippen LogP contribution < -0.4 is 4.90 Å². The highest BCUT2D eigenvalue weighted by atomic mass is 32.2. The smallest absolute Gasteiger partial charge is 0.260 e. The molecule has 0 unspecified atom stereocenters. The summed E-state index contributed by atoms with van der Waals surface area (Å²) in [7, 11) is -3.77. The molecular weight excluding hydrogens is 504 g/mol. The number of anilines is 1. The van der Waals surface area contributed by atoms with Gasteiger partial charge < -0.3 is 0 Å². The van der Waals surface area contributed by atoms with Crippen LogP contribution in [0, 0.1) is 13.8 Å². The van der Waals surface area contributed by atoms with E-state index < -0.39 is 10.0 Å². The summed E-state index contributed by atoms with van der Waals surface area (Å²) < 4.78 is 28.4. The maximum atomic E-state index is 13.8. The Morgan fingerprint density at radius 1 is 1.03 bits per heavy atom. The first kappa shape index (κ1) is 26.4. The number of aromatic nitrogens is 2. The second-order valence-electron chi connectivity index (χ2n) is 8.56. The van der Waals surface area contributed by atoms with E-state index >= 15 is 0 Å². The predicted molar refractivity (Wildman–Crippen MR) is 149 cm³/mol. The van der Waals surface area contributed by atoms with Crippen molar-refractivity contribution in [2.45, 2.75) is 25.3 Å². The molecule has 0 spiro atoms. The molecule has 0 atom stereocenters. The fourth-order valence-corrected chi connectivity index (χ4v) is 6.39. The molecule has 190 valence electrons. The number of pyridine rings is 1. The zero-order valence-corrected chi connectivity index (χ0v) is 22.4. The van der Waals surface area contributed by atoms with Gasteiger partial charge in [-0.2, -0.15) is 4.31 Å². The molecule has 2 aromatic carbocycles. The summed E-state index contributed by atoms with van der Waals surface area (Å²) in [5, 5.41) is 0.555. The van der Waals surface area contributed by atoms with E-state index in [2.05, 4.69) is 24.2 Å². The first-order valence-corrected chi connectivity index (χ1v) is 13.9. The van der Waals surface area contributed by atoms with Gasteiger partial charge in [0.15, 0.2) is 5.13 Å². The molecule has 0 saturated heterocycles. The van der Waals surface area contributed by atoms with E-state index in [9.17, 15) is 13.2 Å². The van der Waals surface area contributed by atoms with Crippen molar-refractivity contribution in [3.63, 3.8) is 0 Å². The van der Waals surface area contributed by atoms with Gasteiger partial charge in [0.2, 0.25) is 10.0 Å². The lowest BCUT2D eigenvalue weighted by Gasteiger charge is -2.21. The molecular formula is C28H28N4O3S2. The summed E-state index contributed by atoms with van der Waals surface area (Å²) in [5.41, 5.74) is 4.10. The first-order valence-electron chi connectivity index (χ1n) is 11.7. The van der Waals surface area contributed by atoms with Gasteiger partial charge in [0.1, 0.15) is 0 Å². The SMILES string of the molecule is C=CCN(CC=C)S(=O)(=O)c1ccc(C(=O)N(Cc2ccccn2)c2nc3cc(C)cc(C)c3s2)cc1. The Morgan fingerprint density at radius 3 is 2.35 bits per heavy atom. The zero-order chi connectivity index (χ0) is 26.6. The van der Waals surface area contributed by atoms with Gasteiger partial charge in [0.05, 0.1) is 27.4 Å². The average Bonchev–Trinajstić information content (AvgIpc) is 3.31. The molecule has 2 heterocycles. The van der Waals surface area contributed by atoms with Crippen molar-refractivity contribution in [2.75, 3.05) is 18.0 Å². The molecule has 0 bridgehead atoms. The number of nitrogens with zero attached hydrogens (tertiary/aromatic N) is 4. The number of carbonyl (C=O) groups excluding carboxylic acids is 1. The fraction of sp³-hybridized carbons (Fsp3) is 0.179. The zero-order valence-electron chi connectivity index (χ0n) is 20.8. The van der Waals surface area contributed by atoms with E-state index in [0.29, 0.717) is 16.4 Å². The van der Waals surface area contributed by atoms with E-state index in [1.165, 1.54) is 52.1 Å². The Labute approximate surface area is 221 Å². The standard InChI is InChI=1S/C28H28N4O3S2/c1-5-15-31(16-6-2)37(34,35)24-12-10-22(11-13-24)27(33)32(19-23-9-7-8-14-29-23)28-30-25-18-20(3)17-21(4)26(25)36-28/h5-14,17-18H,1-2,15-16,19H2,3-4H3. The summed E-state index contributed by atoms with van der Waals surface area (Å²) in [6.07, 6.45) is 4.73. The van der Waals surface area contributed by atoms with Crippen LogP contribution in [0.15, 0.2) is 91.0 Å². The van der Waals surface area contributed by atoms with Crippen molar-refractivity contribution in [1.29, 1.82) is 0 Å². The van der Waals surface area contributed by atoms with Gasteiger partial charge in [-0.3, -0.25) is 14.7 Å². The molecule has 9 heteroatoms. The van der Waals surface area contributed by atoms with Crippen molar-refractivity contribution in [3.05, 3.63) is 108 Å². The third-order valence-electron chi connectivity index (χ3n) is 5.74. The van der Waals surface area contributed by atoms with Gasteiger partial charge in [0.25, 0.3) is 5.91 Å². The van der Waals surface area contributed by atoms with Gasteiger partial charge in [-0.25, -0.2) is 13.4 Å². The van der Waals surface area contributed by atoms with Gasteiger partial charge in [0, 0.05) is 24.8 Å². The summed E-state index contributed by atoms with van der Waals surface area (Å²) >= 11 is 1.45. The first-order chi connectivity index (χ1) is 17.7. The van der Waals surface area contributed by atoms with E-state index in [-0.39, 0.29) is 30.4 Å². The number of benzene rings is 2. The number of thiazole rings is 1. The van der Waals surface area contributed by atoms with E-state index in [1.54, 1.807) is 11.1 Å². The van der Waals surface area contributed by atoms with Crippen molar-refractivity contribution in [1.82, 2.24) is 14.3 Å². The Balaban J connectivity index is 1.71. The Morgan fingerprint density at radius 2 is 1.73 bits per heavy atom. The number of aryl methyl sites for hydroxylation is 2. The molecule has 0 fully saturated rings. The Bertz CT molecular complexity index is 1540. The molecule has 0 aliphatic heterocycles. The normalized spacial score (nSPS) is 11.5. The molecule has 0 N–H and O–H groups in total. The van der Waals surface area contributed by atoms with Gasteiger partial charge in [-0.15, -0.1) is 13.2 Å². The van der Waals surface area contributed by atoms with Crippen molar-refractivity contribution in [2.24, 2.45) is 0 Å². The molecule has 0 aliphatic rings. The number of carbonyl (C=O) groups is 1. The molecule has 1 amide bonds. The highest BCUT2D eigenvalue weighted by Crippen LogP contribution is 2.33. The van der Waals surface area contributed by atoms with Crippen molar-refractivity contribution >= 4 is 42.6 Å². The quantitative estimate of drug-likeness (QED) is 0.251. The second-order valence-corrected chi connectivity index (χ2v) is 11.5. The van der Waals surface area contributed by atoms with E-state index in [4.69, 9.17) is 4.98 Å². The number of rotatable bonds is 10. The Hall–Kier alpha value is -3.66. The van der Waals surface area contributed by atoms with Crippen LogP contribution in [0.1, 0.15) is 27.2 Å². The lowest BCUT2D eigenvalue weighted by Crippen LogP contribution is -2.32. The molecule has 7 nitrogen and oxygen atoms in total. The van der Waals surface area contributed by atoms with E-state index in [0.717, 1.165) is 21.3 Å². The topological polar surface area (TPSA) is 83.5 Å².